The quantitative estimate of drug-likeness (QED) is 0.835. The van der Waals surface area contributed by atoms with Crippen molar-refractivity contribution in [2.45, 2.75) is 44.9 Å². The lowest BCUT2D eigenvalue weighted by Crippen LogP contribution is -2.42. The molecule has 1 aliphatic rings. The van der Waals surface area contributed by atoms with Crippen LogP contribution in [0.3, 0.4) is 0 Å². The summed E-state index contributed by atoms with van der Waals surface area (Å²) in [6, 6.07) is 5.68. The summed E-state index contributed by atoms with van der Waals surface area (Å²) in [5.41, 5.74) is 0.791. The minimum atomic E-state index is -2.85. The van der Waals surface area contributed by atoms with Gasteiger partial charge in [0.1, 0.15) is 5.75 Å². The van der Waals surface area contributed by atoms with Gasteiger partial charge in [0.2, 0.25) is 0 Å². The molecule has 3 unspecified atom stereocenters. The molecule has 24 heavy (non-hydrogen) atoms. The average molecular weight is 342 g/mol. The molecule has 2 amide bonds. The molecule has 3 atom stereocenters. The first-order chi connectivity index (χ1) is 11.4. The van der Waals surface area contributed by atoms with Gasteiger partial charge in [0.25, 0.3) is 0 Å². The number of rotatable bonds is 6. The highest BCUT2D eigenvalue weighted by atomic mass is 19.3. The van der Waals surface area contributed by atoms with E-state index in [0.29, 0.717) is 6.54 Å². The van der Waals surface area contributed by atoms with Crippen molar-refractivity contribution in [3.8, 4) is 5.75 Å². The molecule has 0 bridgehead atoms. The van der Waals surface area contributed by atoms with Crippen LogP contribution in [0.5, 0.6) is 5.75 Å². The Morgan fingerprint density at radius 1 is 1.38 bits per heavy atom. The first-order valence-electron chi connectivity index (χ1n) is 8.11. The van der Waals surface area contributed by atoms with E-state index in [0.717, 1.165) is 24.8 Å². The number of halogens is 2. The van der Waals surface area contributed by atoms with Gasteiger partial charge in [0.05, 0.1) is 12.1 Å². The number of benzene rings is 1. The van der Waals surface area contributed by atoms with Crippen molar-refractivity contribution in [3.05, 3.63) is 29.8 Å². The maximum Gasteiger partial charge on any atom is 0.387 e. The second-order valence-electron chi connectivity index (χ2n) is 6.26. The van der Waals surface area contributed by atoms with Gasteiger partial charge < -0.3 is 20.1 Å². The molecule has 1 fully saturated rings. The average Bonchev–Trinajstić information content (AvgIpc) is 2.92. The van der Waals surface area contributed by atoms with E-state index in [1.54, 1.807) is 24.1 Å². The molecule has 1 aliphatic carbocycles. The standard InChI is InChI=1S/C17H24F2N2O3/c1-11(12-6-8-14(9-7-12)24-16(18)19)20-17(23)21(2)10-13-4-3-5-15(13)22/h6-9,11,13,15-16,22H,3-5,10H2,1-2H3,(H,20,23). The van der Waals surface area contributed by atoms with Crippen molar-refractivity contribution in [2.75, 3.05) is 13.6 Å². The molecule has 7 heteroatoms. The predicted molar refractivity (Wildman–Crippen MR) is 86.0 cm³/mol. The molecule has 0 saturated heterocycles. The van der Waals surface area contributed by atoms with Crippen molar-refractivity contribution in [3.63, 3.8) is 0 Å². The molecule has 134 valence electrons. The van der Waals surface area contributed by atoms with Gasteiger partial charge in [0.15, 0.2) is 0 Å². The van der Waals surface area contributed by atoms with Gasteiger partial charge >= 0.3 is 12.6 Å². The molecule has 0 aromatic heterocycles. The van der Waals surface area contributed by atoms with Crippen LogP contribution in [-0.4, -0.2) is 42.3 Å². The summed E-state index contributed by atoms with van der Waals surface area (Å²) in [5.74, 6) is 0.210. The van der Waals surface area contributed by atoms with Crippen LogP contribution in [0.4, 0.5) is 13.6 Å². The number of urea groups is 1. The Morgan fingerprint density at radius 2 is 2.04 bits per heavy atom. The lowest BCUT2D eigenvalue weighted by atomic mass is 10.1. The van der Waals surface area contributed by atoms with Gasteiger partial charge in [0, 0.05) is 19.5 Å². The van der Waals surface area contributed by atoms with Crippen LogP contribution in [0.1, 0.15) is 37.8 Å². The largest absolute Gasteiger partial charge is 0.435 e. The fourth-order valence-electron chi connectivity index (χ4n) is 2.98. The Labute approximate surface area is 140 Å². The predicted octanol–water partition coefficient (Wildman–Crippen LogP) is 3.15. The van der Waals surface area contributed by atoms with Crippen LogP contribution in [-0.2, 0) is 0 Å². The van der Waals surface area contributed by atoms with Crippen molar-refractivity contribution in [2.24, 2.45) is 5.92 Å². The van der Waals surface area contributed by atoms with Gasteiger partial charge in [-0.15, -0.1) is 0 Å². The van der Waals surface area contributed by atoms with E-state index in [9.17, 15) is 18.7 Å². The summed E-state index contributed by atoms with van der Waals surface area (Å²) in [4.78, 5) is 13.8. The number of nitrogens with one attached hydrogen (secondary N) is 1. The lowest BCUT2D eigenvalue weighted by molar-refractivity contribution is -0.0498. The molecule has 0 aliphatic heterocycles. The molecular formula is C17H24F2N2O3. The summed E-state index contributed by atoms with van der Waals surface area (Å²) >= 11 is 0. The monoisotopic (exact) mass is 342 g/mol. The molecular weight excluding hydrogens is 318 g/mol. The molecule has 1 saturated carbocycles. The van der Waals surface area contributed by atoms with Gasteiger partial charge in [-0.3, -0.25) is 0 Å². The van der Waals surface area contributed by atoms with Gasteiger partial charge in [-0.05, 0) is 37.5 Å². The molecule has 0 radical (unpaired) electrons. The molecule has 1 aromatic carbocycles. The second kappa shape index (κ2) is 8.28. The fourth-order valence-corrected chi connectivity index (χ4v) is 2.98. The van der Waals surface area contributed by atoms with E-state index in [1.165, 1.54) is 12.1 Å². The topological polar surface area (TPSA) is 61.8 Å². The van der Waals surface area contributed by atoms with E-state index in [4.69, 9.17) is 0 Å². The Bertz CT molecular complexity index is 539. The molecule has 0 spiro atoms. The molecule has 2 rings (SSSR count). The second-order valence-corrected chi connectivity index (χ2v) is 6.26. The summed E-state index contributed by atoms with van der Waals surface area (Å²) < 4.78 is 28.6. The van der Waals surface area contributed by atoms with Crippen LogP contribution in [0.25, 0.3) is 0 Å². The maximum atomic E-state index is 12.2. The molecule has 5 nitrogen and oxygen atoms in total. The Balaban J connectivity index is 1.86. The number of nitrogens with zero attached hydrogens (tertiary/aromatic N) is 1. The van der Waals surface area contributed by atoms with Crippen molar-refractivity contribution < 1.29 is 23.4 Å². The summed E-state index contributed by atoms with van der Waals surface area (Å²) in [6.07, 6.45) is 2.38. The molecule has 0 heterocycles. The summed E-state index contributed by atoms with van der Waals surface area (Å²) in [5, 5.41) is 12.7. The lowest BCUT2D eigenvalue weighted by Gasteiger charge is -2.25. The third-order valence-corrected chi connectivity index (χ3v) is 4.42. The van der Waals surface area contributed by atoms with E-state index >= 15 is 0 Å². The van der Waals surface area contributed by atoms with E-state index in [2.05, 4.69) is 10.1 Å². The number of aliphatic hydroxyl groups excluding tert-OH is 1. The van der Waals surface area contributed by atoms with Gasteiger partial charge in [-0.1, -0.05) is 18.6 Å². The van der Waals surface area contributed by atoms with Crippen LogP contribution < -0.4 is 10.1 Å². The highest BCUT2D eigenvalue weighted by Crippen LogP contribution is 2.26. The number of ether oxygens (including phenoxy) is 1. The zero-order valence-electron chi connectivity index (χ0n) is 13.9. The van der Waals surface area contributed by atoms with Crippen molar-refractivity contribution in [1.29, 1.82) is 0 Å². The number of alkyl halides is 2. The van der Waals surface area contributed by atoms with Crippen LogP contribution in [0.2, 0.25) is 0 Å². The first kappa shape index (κ1) is 18.4. The smallest absolute Gasteiger partial charge is 0.387 e. The Morgan fingerprint density at radius 3 is 2.58 bits per heavy atom. The van der Waals surface area contributed by atoms with E-state index in [-0.39, 0.29) is 29.8 Å². The van der Waals surface area contributed by atoms with Crippen LogP contribution in [0, 0.1) is 5.92 Å². The third kappa shape index (κ3) is 5.06. The van der Waals surface area contributed by atoms with Crippen LogP contribution >= 0.6 is 0 Å². The minimum absolute atomic E-state index is 0.0830. The first-order valence-corrected chi connectivity index (χ1v) is 8.11. The third-order valence-electron chi connectivity index (χ3n) is 4.42. The van der Waals surface area contributed by atoms with E-state index < -0.39 is 6.61 Å². The minimum Gasteiger partial charge on any atom is -0.435 e. The van der Waals surface area contributed by atoms with E-state index in [1.807, 2.05) is 6.92 Å². The normalized spacial score (nSPS) is 21.6. The number of carbonyl (C=O) groups is 1. The molecule has 1 aromatic rings. The Hall–Kier alpha value is -1.89. The number of hydrogen-bond acceptors (Lipinski definition) is 3. The fraction of sp³-hybridized carbons (Fsp3) is 0.588. The summed E-state index contributed by atoms with van der Waals surface area (Å²) in [7, 11) is 1.70. The number of amides is 2. The van der Waals surface area contributed by atoms with Crippen molar-refractivity contribution >= 4 is 6.03 Å². The number of aliphatic hydroxyl groups is 1. The molecule has 2 N–H and O–H groups in total. The number of hydrogen-bond donors (Lipinski definition) is 2. The zero-order valence-corrected chi connectivity index (χ0v) is 13.9. The van der Waals surface area contributed by atoms with Crippen LogP contribution in [0.15, 0.2) is 24.3 Å². The summed E-state index contributed by atoms with van der Waals surface area (Å²) in [6.45, 7) is -0.521. The van der Waals surface area contributed by atoms with Gasteiger partial charge in [-0.2, -0.15) is 8.78 Å². The van der Waals surface area contributed by atoms with Gasteiger partial charge in [-0.25, -0.2) is 4.79 Å². The maximum absolute atomic E-state index is 12.2. The highest BCUT2D eigenvalue weighted by molar-refractivity contribution is 5.74. The SMILES string of the molecule is CC(NC(=O)N(C)CC1CCCC1O)c1ccc(OC(F)F)cc1. The highest BCUT2D eigenvalue weighted by Gasteiger charge is 2.27. The Kier molecular flexibility index (Phi) is 6.36. The zero-order chi connectivity index (χ0) is 17.7. The number of carbonyl (C=O) groups excluding carboxylic acids is 1. The van der Waals surface area contributed by atoms with Crippen molar-refractivity contribution in [1.82, 2.24) is 10.2 Å².